The highest BCUT2D eigenvalue weighted by molar-refractivity contribution is 5.58. The minimum absolute atomic E-state index is 0.0467. The van der Waals surface area contributed by atoms with Crippen molar-refractivity contribution in [3.8, 4) is 5.75 Å². The first-order valence-corrected chi connectivity index (χ1v) is 5.09. The van der Waals surface area contributed by atoms with Gasteiger partial charge in [0.25, 0.3) is 0 Å². The Morgan fingerprint density at radius 1 is 1.44 bits per heavy atom. The number of ether oxygens (including phenoxy) is 1. The Morgan fingerprint density at radius 3 is 2.62 bits per heavy atom. The summed E-state index contributed by atoms with van der Waals surface area (Å²) in [6.07, 6.45) is 1.56. The molecular formula is C12H15NO3. The fraction of sp³-hybridized carbons (Fsp3) is 0.333. The van der Waals surface area contributed by atoms with Gasteiger partial charge in [0.15, 0.2) is 0 Å². The number of benzene rings is 1. The summed E-state index contributed by atoms with van der Waals surface area (Å²) in [6.45, 7) is 5.30. The topological polar surface area (TPSA) is 52.4 Å². The van der Waals surface area contributed by atoms with E-state index in [9.17, 15) is 10.1 Å². The van der Waals surface area contributed by atoms with E-state index in [0.717, 1.165) is 5.56 Å². The van der Waals surface area contributed by atoms with Crippen LogP contribution >= 0.6 is 0 Å². The first-order chi connectivity index (χ1) is 7.50. The Morgan fingerprint density at radius 2 is 2.06 bits per heavy atom. The summed E-state index contributed by atoms with van der Waals surface area (Å²) in [5.74, 6) is 0.665. The van der Waals surface area contributed by atoms with Crippen molar-refractivity contribution in [1.82, 2.24) is 0 Å². The summed E-state index contributed by atoms with van der Waals surface area (Å²) >= 11 is 0. The zero-order valence-corrected chi connectivity index (χ0v) is 9.64. The van der Waals surface area contributed by atoms with Gasteiger partial charge in [0, 0.05) is 18.6 Å². The van der Waals surface area contributed by atoms with Crippen LogP contribution < -0.4 is 4.74 Å². The molecule has 0 aliphatic rings. The molecule has 0 aromatic heterocycles. The third-order valence-corrected chi connectivity index (χ3v) is 1.93. The molecule has 0 atom stereocenters. The quantitative estimate of drug-likeness (QED) is 0.579. The van der Waals surface area contributed by atoms with Crippen LogP contribution in [0.4, 0.5) is 0 Å². The zero-order valence-electron chi connectivity index (χ0n) is 9.64. The van der Waals surface area contributed by atoms with Crippen LogP contribution in [0.5, 0.6) is 5.75 Å². The van der Waals surface area contributed by atoms with Gasteiger partial charge in [-0.05, 0) is 19.9 Å². The minimum atomic E-state index is -0.411. The van der Waals surface area contributed by atoms with Crippen molar-refractivity contribution < 1.29 is 9.66 Å². The Hall–Kier alpha value is -1.84. The van der Waals surface area contributed by atoms with Crippen molar-refractivity contribution in [2.45, 2.75) is 26.9 Å². The summed E-state index contributed by atoms with van der Waals surface area (Å²) in [4.78, 5) is 10.1. The van der Waals surface area contributed by atoms with Crippen LogP contribution in [0.25, 0.3) is 6.08 Å². The van der Waals surface area contributed by atoms with E-state index in [1.165, 1.54) is 13.0 Å². The molecule has 1 rings (SSSR count). The van der Waals surface area contributed by atoms with Gasteiger partial charge in [-0.15, -0.1) is 0 Å². The monoisotopic (exact) mass is 221 g/mol. The smallest absolute Gasteiger partial charge is 0.243 e. The lowest BCUT2D eigenvalue weighted by Gasteiger charge is -2.11. The average molecular weight is 221 g/mol. The van der Waals surface area contributed by atoms with Crippen molar-refractivity contribution in [1.29, 1.82) is 0 Å². The lowest BCUT2D eigenvalue weighted by Crippen LogP contribution is -2.06. The Kier molecular flexibility index (Phi) is 4.05. The van der Waals surface area contributed by atoms with Crippen LogP contribution in [0.2, 0.25) is 0 Å². The van der Waals surface area contributed by atoms with E-state index in [1.807, 2.05) is 26.0 Å². The SMILES string of the molecule is C/C(=C\c1ccccc1OC(C)C)[N+](=O)[O-]. The average Bonchev–Trinajstić information content (AvgIpc) is 2.20. The van der Waals surface area contributed by atoms with Crippen molar-refractivity contribution >= 4 is 6.08 Å². The van der Waals surface area contributed by atoms with Crippen molar-refractivity contribution in [3.05, 3.63) is 45.6 Å². The van der Waals surface area contributed by atoms with Gasteiger partial charge in [0.05, 0.1) is 11.0 Å². The zero-order chi connectivity index (χ0) is 12.1. The summed E-state index contributed by atoms with van der Waals surface area (Å²) in [6, 6.07) is 7.27. The first-order valence-electron chi connectivity index (χ1n) is 5.09. The largest absolute Gasteiger partial charge is 0.490 e. The highest BCUT2D eigenvalue weighted by Gasteiger charge is 2.07. The van der Waals surface area contributed by atoms with Gasteiger partial charge in [0.2, 0.25) is 5.70 Å². The maximum absolute atomic E-state index is 10.5. The molecular weight excluding hydrogens is 206 g/mol. The molecule has 0 radical (unpaired) electrons. The van der Waals surface area contributed by atoms with Crippen molar-refractivity contribution in [2.75, 3.05) is 0 Å². The normalized spacial score (nSPS) is 11.6. The Labute approximate surface area is 94.7 Å². The van der Waals surface area contributed by atoms with Gasteiger partial charge in [-0.25, -0.2) is 0 Å². The molecule has 0 fully saturated rings. The van der Waals surface area contributed by atoms with Crippen LogP contribution in [0, 0.1) is 10.1 Å². The van der Waals surface area contributed by atoms with Crippen molar-refractivity contribution in [3.63, 3.8) is 0 Å². The third-order valence-electron chi connectivity index (χ3n) is 1.93. The molecule has 0 heterocycles. The number of hydrogen-bond acceptors (Lipinski definition) is 3. The summed E-state index contributed by atoms with van der Waals surface area (Å²) < 4.78 is 5.56. The fourth-order valence-corrected chi connectivity index (χ4v) is 1.24. The molecule has 0 saturated carbocycles. The molecule has 1 aromatic carbocycles. The number of rotatable bonds is 4. The third kappa shape index (κ3) is 3.38. The second kappa shape index (κ2) is 5.30. The van der Waals surface area contributed by atoms with E-state index in [-0.39, 0.29) is 11.8 Å². The second-order valence-corrected chi connectivity index (χ2v) is 3.75. The summed E-state index contributed by atoms with van der Waals surface area (Å²) in [7, 11) is 0. The number of allylic oxidation sites excluding steroid dienone is 1. The Bertz CT molecular complexity index is 410. The maximum Gasteiger partial charge on any atom is 0.243 e. The summed E-state index contributed by atoms with van der Waals surface area (Å²) in [5, 5.41) is 10.5. The predicted octanol–water partition coefficient (Wildman–Crippen LogP) is 3.11. The molecule has 16 heavy (non-hydrogen) atoms. The molecule has 0 aliphatic carbocycles. The molecule has 0 spiro atoms. The highest BCUT2D eigenvalue weighted by atomic mass is 16.6. The van der Waals surface area contributed by atoms with E-state index in [0.29, 0.717) is 5.75 Å². The van der Waals surface area contributed by atoms with Gasteiger partial charge >= 0.3 is 0 Å². The lowest BCUT2D eigenvalue weighted by atomic mass is 10.1. The molecule has 0 bridgehead atoms. The fourth-order valence-electron chi connectivity index (χ4n) is 1.24. The standard InChI is InChI=1S/C12H15NO3/c1-9(2)16-12-7-5-4-6-11(12)8-10(3)13(14)15/h4-9H,1-3H3/b10-8+. The molecule has 1 aromatic rings. The summed E-state index contributed by atoms with van der Waals surface area (Å²) in [5.41, 5.74) is 0.824. The molecule has 0 N–H and O–H groups in total. The Balaban J connectivity index is 3.04. The molecule has 86 valence electrons. The van der Waals surface area contributed by atoms with E-state index in [4.69, 9.17) is 4.74 Å². The van der Waals surface area contributed by atoms with Gasteiger partial charge in [-0.3, -0.25) is 10.1 Å². The van der Waals surface area contributed by atoms with Gasteiger partial charge in [0.1, 0.15) is 5.75 Å². The lowest BCUT2D eigenvalue weighted by molar-refractivity contribution is -0.422. The van der Waals surface area contributed by atoms with Gasteiger partial charge in [-0.2, -0.15) is 0 Å². The molecule has 4 nitrogen and oxygen atoms in total. The predicted molar refractivity (Wildman–Crippen MR) is 62.9 cm³/mol. The number of para-hydroxylation sites is 1. The van der Waals surface area contributed by atoms with E-state index >= 15 is 0 Å². The van der Waals surface area contributed by atoms with Gasteiger partial charge < -0.3 is 4.74 Å². The van der Waals surface area contributed by atoms with Crippen LogP contribution in [0.1, 0.15) is 26.3 Å². The second-order valence-electron chi connectivity index (χ2n) is 3.75. The van der Waals surface area contributed by atoms with Crippen LogP contribution in [0.3, 0.4) is 0 Å². The number of hydrogen-bond donors (Lipinski definition) is 0. The number of nitro groups is 1. The molecule has 0 amide bonds. The molecule has 0 saturated heterocycles. The highest BCUT2D eigenvalue weighted by Crippen LogP contribution is 2.22. The van der Waals surface area contributed by atoms with E-state index < -0.39 is 4.92 Å². The van der Waals surface area contributed by atoms with Gasteiger partial charge in [-0.1, -0.05) is 18.2 Å². The number of nitrogens with zero attached hydrogens (tertiary/aromatic N) is 1. The van der Waals surface area contributed by atoms with Crippen molar-refractivity contribution in [2.24, 2.45) is 0 Å². The molecule has 4 heteroatoms. The van der Waals surface area contributed by atoms with E-state index in [2.05, 4.69) is 0 Å². The van der Waals surface area contributed by atoms with E-state index in [1.54, 1.807) is 12.1 Å². The first kappa shape index (κ1) is 12.2. The molecule has 0 unspecified atom stereocenters. The minimum Gasteiger partial charge on any atom is -0.490 e. The van der Waals surface area contributed by atoms with Crippen LogP contribution in [0.15, 0.2) is 30.0 Å². The van der Waals surface area contributed by atoms with Crippen LogP contribution in [-0.4, -0.2) is 11.0 Å². The maximum atomic E-state index is 10.5. The van der Waals surface area contributed by atoms with Crippen LogP contribution in [-0.2, 0) is 0 Å². The molecule has 0 aliphatic heterocycles.